The van der Waals surface area contributed by atoms with Gasteiger partial charge in [-0.15, -0.1) is 0 Å². The standard InChI is InChI=1S/C23H16N2O/c1-14-7-3-5-9-17(14)15(2)21-20-19-12-11-16-8-4-6-10-18(16)22(19)26-23(20)25-13-24-21/h3-13H,2H2,1H3. The van der Waals surface area contributed by atoms with Crippen molar-refractivity contribution in [3.63, 3.8) is 0 Å². The molecule has 3 heteroatoms. The van der Waals surface area contributed by atoms with Crippen LogP contribution in [0.3, 0.4) is 0 Å². The summed E-state index contributed by atoms with van der Waals surface area (Å²) in [5.74, 6) is 0. The molecule has 0 spiro atoms. The third kappa shape index (κ3) is 2.07. The molecule has 2 aromatic heterocycles. The van der Waals surface area contributed by atoms with Crippen LogP contribution in [-0.4, -0.2) is 9.97 Å². The summed E-state index contributed by atoms with van der Waals surface area (Å²) in [7, 11) is 0. The van der Waals surface area contributed by atoms with Gasteiger partial charge in [-0.25, -0.2) is 9.97 Å². The molecule has 124 valence electrons. The number of hydrogen-bond acceptors (Lipinski definition) is 3. The molecule has 0 aliphatic carbocycles. The van der Waals surface area contributed by atoms with Crippen molar-refractivity contribution in [1.29, 1.82) is 0 Å². The third-order valence-electron chi connectivity index (χ3n) is 4.92. The maximum Gasteiger partial charge on any atom is 0.231 e. The van der Waals surface area contributed by atoms with Gasteiger partial charge in [0.25, 0.3) is 0 Å². The van der Waals surface area contributed by atoms with Crippen LogP contribution in [0.1, 0.15) is 16.8 Å². The second-order valence-corrected chi connectivity index (χ2v) is 6.46. The topological polar surface area (TPSA) is 38.9 Å². The van der Waals surface area contributed by atoms with Crippen LogP contribution in [0.15, 0.2) is 78.0 Å². The highest BCUT2D eigenvalue weighted by molar-refractivity contribution is 6.16. The molecule has 3 nitrogen and oxygen atoms in total. The van der Waals surface area contributed by atoms with Crippen LogP contribution in [0, 0.1) is 6.92 Å². The summed E-state index contributed by atoms with van der Waals surface area (Å²) in [6, 6.07) is 20.6. The van der Waals surface area contributed by atoms with Crippen LogP contribution in [0.4, 0.5) is 0 Å². The molecule has 0 unspecified atom stereocenters. The molecule has 0 N–H and O–H groups in total. The molecule has 0 radical (unpaired) electrons. The first kappa shape index (κ1) is 14.8. The number of benzene rings is 3. The first-order chi connectivity index (χ1) is 12.7. The first-order valence-electron chi connectivity index (χ1n) is 8.54. The van der Waals surface area contributed by atoms with Gasteiger partial charge in [-0.1, -0.05) is 61.2 Å². The van der Waals surface area contributed by atoms with Gasteiger partial charge in [0.1, 0.15) is 11.9 Å². The van der Waals surface area contributed by atoms with E-state index in [9.17, 15) is 0 Å². The Kier molecular flexibility index (Phi) is 3.16. The summed E-state index contributed by atoms with van der Waals surface area (Å²) in [6.07, 6.45) is 1.55. The van der Waals surface area contributed by atoms with E-state index < -0.39 is 0 Å². The van der Waals surface area contributed by atoms with E-state index in [4.69, 9.17) is 4.42 Å². The smallest absolute Gasteiger partial charge is 0.231 e. The maximum absolute atomic E-state index is 6.13. The highest BCUT2D eigenvalue weighted by atomic mass is 16.3. The lowest BCUT2D eigenvalue weighted by molar-refractivity contribution is 0.656. The zero-order chi connectivity index (χ0) is 17.7. The zero-order valence-electron chi connectivity index (χ0n) is 14.4. The van der Waals surface area contributed by atoms with Crippen LogP contribution in [0.2, 0.25) is 0 Å². The fourth-order valence-electron chi connectivity index (χ4n) is 3.60. The zero-order valence-corrected chi connectivity index (χ0v) is 14.4. The van der Waals surface area contributed by atoms with Crippen LogP contribution >= 0.6 is 0 Å². The number of hydrogen-bond donors (Lipinski definition) is 0. The van der Waals surface area contributed by atoms with E-state index >= 15 is 0 Å². The van der Waals surface area contributed by atoms with E-state index in [1.54, 1.807) is 6.33 Å². The molecular weight excluding hydrogens is 320 g/mol. The van der Waals surface area contributed by atoms with Gasteiger partial charge in [0.2, 0.25) is 5.71 Å². The van der Waals surface area contributed by atoms with Gasteiger partial charge < -0.3 is 4.42 Å². The number of furan rings is 1. The van der Waals surface area contributed by atoms with Crippen molar-refractivity contribution in [2.45, 2.75) is 6.92 Å². The van der Waals surface area contributed by atoms with Crippen molar-refractivity contribution in [2.75, 3.05) is 0 Å². The predicted molar refractivity (Wildman–Crippen MR) is 106 cm³/mol. The van der Waals surface area contributed by atoms with Gasteiger partial charge in [0.15, 0.2) is 0 Å². The Bertz CT molecular complexity index is 1310. The van der Waals surface area contributed by atoms with Crippen LogP contribution in [-0.2, 0) is 0 Å². The summed E-state index contributed by atoms with van der Waals surface area (Å²) in [6.45, 7) is 6.41. The fourth-order valence-corrected chi connectivity index (χ4v) is 3.60. The molecule has 2 heterocycles. The van der Waals surface area contributed by atoms with Crippen molar-refractivity contribution < 1.29 is 4.42 Å². The average Bonchev–Trinajstić information content (AvgIpc) is 3.07. The molecule has 0 saturated heterocycles. The minimum atomic E-state index is 0.594. The van der Waals surface area contributed by atoms with Crippen LogP contribution < -0.4 is 0 Å². The molecule has 5 aromatic rings. The monoisotopic (exact) mass is 336 g/mol. The highest BCUT2D eigenvalue weighted by Crippen LogP contribution is 2.37. The second kappa shape index (κ2) is 5.53. The number of aromatic nitrogens is 2. The SMILES string of the molecule is C=C(c1ccccc1C)c1ncnc2oc3c4ccccc4ccc3c12. The molecule has 0 saturated carbocycles. The van der Waals surface area contributed by atoms with Gasteiger partial charge in [-0.2, -0.15) is 0 Å². The maximum atomic E-state index is 6.13. The normalized spacial score (nSPS) is 11.4. The number of rotatable bonds is 2. The second-order valence-electron chi connectivity index (χ2n) is 6.46. The lowest BCUT2D eigenvalue weighted by atomic mass is 9.96. The van der Waals surface area contributed by atoms with Crippen molar-refractivity contribution >= 4 is 38.4 Å². The minimum Gasteiger partial charge on any atom is -0.437 e. The summed E-state index contributed by atoms with van der Waals surface area (Å²) in [4.78, 5) is 8.92. The number of fused-ring (bicyclic) bond motifs is 5. The van der Waals surface area contributed by atoms with E-state index in [1.807, 2.05) is 24.3 Å². The molecule has 0 aliphatic heterocycles. The van der Waals surface area contributed by atoms with E-state index in [1.165, 1.54) is 5.56 Å². The Hall–Kier alpha value is -3.46. The number of aryl methyl sites for hydroxylation is 1. The lowest BCUT2D eigenvalue weighted by Crippen LogP contribution is -1.94. The molecule has 0 amide bonds. The Labute approximate surface area is 150 Å². The van der Waals surface area contributed by atoms with Crippen molar-refractivity contribution in [1.82, 2.24) is 9.97 Å². The van der Waals surface area contributed by atoms with Gasteiger partial charge >= 0.3 is 0 Å². The van der Waals surface area contributed by atoms with Crippen LogP contribution in [0.25, 0.3) is 38.4 Å². The summed E-state index contributed by atoms with van der Waals surface area (Å²) >= 11 is 0. The summed E-state index contributed by atoms with van der Waals surface area (Å²) in [5.41, 5.74) is 5.39. The first-order valence-corrected chi connectivity index (χ1v) is 8.54. The molecule has 0 fully saturated rings. The lowest BCUT2D eigenvalue weighted by Gasteiger charge is -2.09. The molecule has 0 bridgehead atoms. The van der Waals surface area contributed by atoms with Crippen molar-refractivity contribution in [3.8, 4) is 0 Å². The quantitative estimate of drug-likeness (QED) is 0.403. The molecule has 26 heavy (non-hydrogen) atoms. The number of nitrogens with zero attached hydrogens (tertiary/aromatic N) is 2. The van der Waals surface area contributed by atoms with Gasteiger partial charge in [-0.3, -0.25) is 0 Å². The average molecular weight is 336 g/mol. The summed E-state index contributed by atoms with van der Waals surface area (Å²) in [5, 5.41) is 4.16. The summed E-state index contributed by atoms with van der Waals surface area (Å²) < 4.78 is 6.13. The van der Waals surface area contributed by atoms with Crippen LogP contribution in [0.5, 0.6) is 0 Å². The Morgan fingerprint density at radius 1 is 0.885 bits per heavy atom. The third-order valence-corrected chi connectivity index (χ3v) is 4.92. The largest absolute Gasteiger partial charge is 0.437 e. The predicted octanol–water partition coefficient (Wildman–Crippen LogP) is 5.90. The molecule has 0 aliphatic rings. The molecular formula is C23H16N2O. The molecule has 0 atom stereocenters. The Balaban J connectivity index is 1.86. The minimum absolute atomic E-state index is 0.594. The van der Waals surface area contributed by atoms with E-state index in [0.29, 0.717) is 5.71 Å². The van der Waals surface area contributed by atoms with Crippen molar-refractivity contribution in [2.24, 2.45) is 0 Å². The fraction of sp³-hybridized carbons (Fsp3) is 0.0435. The van der Waals surface area contributed by atoms with E-state index in [2.05, 4.69) is 59.9 Å². The van der Waals surface area contributed by atoms with Crippen molar-refractivity contribution in [3.05, 3.63) is 90.4 Å². The van der Waals surface area contributed by atoms with Gasteiger partial charge in [0.05, 0.1) is 11.1 Å². The molecule has 5 rings (SSSR count). The van der Waals surface area contributed by atoms with Gasteiger partial charge in [0, 0.05) is 16.3 Å². The molecule has 3 aromatic carbocycles. The van der Waals surface area contributed by atoms with E-state index in [-0.39, 0.29) is 0 Å². The Morgan fingerprint density at radius 2 is 1.69 bits per heavy atom. The van der Waals surface area contributed by atoms with E-state index in [0.717, 1.165) is 44.0 Å². The Morgan fingerprint density at radius 3 is 2.58 bits per heavy atom. The highest BCUT2D eigenvalue weighted by Gasteiger charge is 2.18. The van der Waals surface area contributed by atoms with Gasteiger partial charge in [-0.05, 0) is 29.5 Å².